The quantitative estimate of drug-likeness (QED) is 0.908. The van der Waals surface area contributed by atoms with Gasteiger partial charge in [0.25, 0.3) is 0 Å². The van der Waals surface area contributed by atoms with Crippen LogP contribution in [0.4, 0.5) is 0 Å². The van der Waals surface area contributed by atoms with Crippen LogP contribution in [0.15, 0.2) is 33.2 Å². The lowest BCUT2D eigenvalue weighted by atomic mass is 10.2. The molecule has 1 heterocycles. The number of nitrogens with zero attached hydrogens (tertiary/aromatic N) is 2. The van der Waals surface area contributed by atoms with Crippen molar-refractivity contribution in [2.24, 2.45) is 0 Å². The average Bonchev–Trinajstić information content (AvgIpc) is 2.85. The summed E-state index contributed by atoms with van der Waals surface area (Å²) in [6.45, 7) is 1.40. The van der Waals surface area contributed by atoms with E-state index in [9.17, 15) is 4.79 Å². The van der Waals surface area contributed by atoms with E-state index in [4.69, 9.17) is 14.3 Å². The van der Waals surface area contributed by atoms with E-state index in [1.807, 2.05) is 24.3 Å². The maximum atomic E-state index is 10.6. The molecule has 2 rings (SSSR count). The minimum Gasteiger partial charge on any atom is -0.479 e. The first-order valence-electron chi connectivity index (χ1n) is 5.49. The number of ether oxygens (including phenoxy) is 1. The maximum Gasteiger partial charge on any atom is 0.332 e. The van der Waals surface area contributed by atoms with Gasteiger partial charge in [-0.2, -0.15) is 0 Å². The van der Waals surface area contributed by atoms with Gasteiger partial charge in [-0.1, -0.05) is 12.1 Å². The zero-order valence-electron chi connectivity index (χ0n) is 10.0. The lowest BCUT2D eigenvalue weighted by Crippen LogP contribution is -2.19. The molecule has 1 N–H and O–H groups in total. The van der Waals surface area contributed by atoms with Gasteiger partial charge in [0.1, 0.15) is 6.61 Å². The number of hydrogen-bond donors (Lipinski definition) is 1. The Hall–Kier alpha value is -1.73. The molecule has 7 heteroatoms. The molecule has 0 fully saturated rings. The SMILES string of the molecule is C[C@@H](OCc1nnc(-c2ccccc2Br)o1)C(=O)O. The molecule has 100 valence electrons. The Labute approximate surface area is 117 Å². The molecule has 1 atom stereocenters. The molecular weight excluding hydrogens is 316 g/mol. The molecule has 0 radical (unpaired) electrons. The minimum absolute atomic E-state index is 0.0368. The van der Waals surface area contributed by atoms with Gasteiger partial charge in [0.05, 0.1) is 5.56 Å². The summed E-state index contributed by atoms with van der Waals surface area (Å²) >= 11 is 3.39. The predicted octanol–water partition coefficient (Wildman–Crippen LogP) is 2.49. The Morgan fingerprint density at radius 3 is 2.89 bits per heavy atom. The summed E-state index contributed by atoms with van der Waals surface area (Å²) in [5.41, 5.74) is 0.771. The summed E-state index contributed by atoms with van der Waals surface area (Å²) in [4.78, 5) is 10.6. The number of halogens is 1. The first-order valence-corrected chi connectivity index (χ1v) is 6.29. The second-order valence-electron chi connectivity index (χ2n) is 3.77. The number of carboxylic acids is 1. The average molecular weight is 327 g/mol. The molecule has 0 aliphatic carbocycles. The minimum atomic E-state index is -1.04. The molecule has 0 amide bonds. The third-order valence-electron chi connectivity index (χ3n) is 2.38. The van der Waals surface area contributed by atoms with Crippen LogP contribution in [-0.2, 0) is 16.1 Å². The molecule has 0 saturated heterocycles. The van der Waals surface area contributed by atoms with E-state index in [2.05, 4.69) is 26.1 Å². The zero-order chi connectivity index (χ0) is 13.8. The first-order chi connectivity index (χ1) is 9.08. The predicted molar refractivity (Wildman–Crippen MR) is 69.3 cm³/mol. The molecular formula is C12H11BrN2O4. The number of hydrogen-bond acceptors (Lipinski definition) is 5. The Bertz CT molecular complexity index is 585. The Balaban J connectivity index is 2.08. The highest BCUT2D eigenvalue weighted by atomic mass is 79.9. The number of carbonyl (C=O) groups is 1. The van der Waals surface area contributed by atoms with Gasteiger partial charge in [0.15, 0.2) is 6.10 Å². The van der Waals surface area contributed by atoms with Gasteiger partial charge >= 0.3 is 5.97 Å². The van der Waals surface area contributed by atoms with Gasteiger partial charge in [0.2, 0.25) is 11.8 Å². The summed E-state index contributed by atoms with van der Waals surface area (Å²) in [6, 6.07) is 7.43. The molecule has 0 saturated carbocycles. The Kier molecular flexibility index (Phi) is 4.28. The number of benzene rings is 1. The van der Waals surface area contributed by atoms with Crippen LogP contribution in [-0.4, -0.2) is 27.4 Å². The highest BCUT2D eigenvalue weighted by molar-refractivity contribution is 9.10. The third-order valence-corrected chi connectivity index (χ3v) is 3.07. The Morgan fingerprint density at radius 1 is 1.47 bits per heavy atom. The van der Waals surface area contributed by atoms with Crippen LogP contribution in [0.3, 0.4) is 0 Å². The van der Waals surface area contributed by atoms with E-state index in [-0.39, 0.29) is 12.5 Å². The monoisotopic (exact) mass is 326 g/mol. The molecule has 1 aromatic heterocycles. The molecule has 6 nitrogen and oxygen atoms in total. The van der Waals surface area contributed by atoms with Gasteiger partial charge in [-0.25, -0.2) is 4.79 Å². The number of carboxylic acid groups (broad SMARTS) is 1. The van der Waals surface area contributed by atoms with Crippen LogP contribution in [0, 0.1) is 0 Å². The fourth-order valence-electron chi connectivity index (χ4n) is 1.32. The Morgan fingerprint density at radius 2 is 2.21 bits per heavy atom. The van der Waals surface area contributed by atoms with Crippen molar-refractivity contribution in [1.82, 2.24) is 10.2 Å². The lowest BCUT2D eigenvalue weighted by molar-refractivity contribution is -0.150. The fraction of sp³-hybridized carbons (Fsp3) is 0.250. The second-order valence-corrected chi connectivity index (χ2v) is 4.63. The summed E-state index contributed by atoms with van der Waals surface area (Å²) in [5.74, 6) is -0.446. The topological polar surface area (TPSA) is 85.5 Å². The van der Waals surface area contributed by atoms with Crippen LogP contribution in [0.25, 0.3) is 11.5 Å². The van der Waals surface area contributed by atoms with Crippen LogP contribution in [0.1, 0.15) is 12.8 Å². The van der Waals surface area contributed by atoms with E-state index < -0.39 is 12.1 Å². The fourth-order valence-corrected chi connectivity index (χ4v) is 1.78. The summed E-state index contributed by atoms with van der Waals surface area (Å²) in [6.07, 6.45) is -0.918. The van der Waals surface area contributed by atoms with Gasteiger partial charge in [-0.3, -0.25) is 0 Å². The summed E-state index contributed by atoms with van der Waals surface area (Å²) in [5, 5.41) is 16.4. The van der Waals surface area contributed by atoms with Crippen molar-refractivity contribution < 1.29 is 19.1 Å². The number of aromatic nitrogens is 2. The van der Waals surface area contributed by atoms with Crippen molar-refractivity contribution in [1.29, 1.82) is 0 Å². The van der Waals surface area contributed by atoms with E-state index in [0.717, 1.165) is 10.0 Å². The van der Waals surface area contributed by atoms with Crippen molar-refractivity contribution in [2.45, 2.75) is 19.6 Å². The zero-order valence-corrected chi connectivity index (χ0v) is 11.6. The molecule has 0 aliphatic heterocycles. The van der Waals surface area contributed by atoms with Gasteiger partial charge < -0.3 is 14.3 Å². The molecule has 2 aromatic rings. The summed E-state index contributed by atoms with van der Waals surface area (Å²) < 4.78 is 11.3. The van der Waals surface area contributed by atoms with Crippen LogP contribution in [0.5, 0.6) is 0 Å². The third kappa shape index (κ3) is 3.39. The molecule has 0 spiro atoms. The first kappa shape index (κ1) is 13.7. The van der Waals surface area contributed by atoms with Crippen molar-refractivity contribution in [3.8, 4) is 11.5 Å². The highest BCUT2D eigenvalue weighted by Crippen LogP contribution is 2.26. The van der Waals surface area contributed by atoms with Gasteiger partial charge in [-0.05, 0) is 35.0 Å². The van der Waals surface area contributed by atoms with E-state index in [1.165, 1.54) is 6.92 Å². The van der Waals surface area contributed by atoms with Gasteiger partial charge in [-0.15, -0.1) is 10.2 Å². The van der Waals surface area contributed by atoms with E-state index >= 15 is 0 Å². The molecule has 0 aliphatic rings. The van der Waals surface area contributed by atoms with E-state index in [1.54, 1.807) is 0 Å². The molecule has 19 heavy (non-hydrogen) atoms. The molecule has 0 unspecified atom stereocenters. The van der Waals surface area contributed by atoms with Crippen LogP contribution < -0.4 is 0 Å². The van der Waals surface area contributed by atoms with E-state index in [0.29, 0.717) is 5.89 Å². The lowest BCUT2D eigenvalue weighted by Gasteiger charge is -2.04. The number of rotatable bonds is 5. The van der Waals surface area contributed by atoms with Crippen molar-refractivity contribution >= 4 is 21.9 Å². The normalized spacial score (nSPS) is 12.3. The van der Waals surface area contributed by atoms with Crippen LogP contribution >= 0.6 is 15.9 Å². The van der Waals surface area contributed by atoms with Crippen molar-refractivity contribution in [3.63, 3.8) is 0 Å². The molecule has 1 aromatic carbocycles. The number of aliphatic carboxylic acids is 1. The smallest absolute Gasteiger partial charge is 0.332 e. The van der Waals surface area contributed by atoms with Crippen molar-refractivity contribution in [2.75, 3.05) is 0 Å². The summed E-state index contributed by atoms with van der Waals surface area (Å²) in [7, 11) is 0. The second kappa shape index (κ2) is 5.94. The standard InChI is InChI=1S/C12H11BrN2O4/c1-7(12(16)17)18-6-10-14-15-11(19-10)8-4-2-3-5-9(8)13/h2-5,7H,6H2,1H3,(H,16,17)/t7-/m1/s1. The maximum absolute atomic E-state index is 10.6. The highest BCUT2D eigenvalue weighted by Gasteiger charge is 2.15. The molecule has 0 bridgehead atoms. The largest absolute Gasteiger partial charge is 0.479 e. The van der Waals surface area contributed by atoms with Crippen LogP contribution in [0.2, 0.25) is 0 Å². The van der Waals surface area contributed by atoms with Gasteiger partial charge in [0, 0.05) is 4.47 Å². The van der Waals surface area contributed by atoms with Crippen molar-refractivity contribution in [3.05, 3.63) is 34.6 Å².